The SMILES string of the molecule is Oc1ccc(CNc2cn[nH]c2)cc1O. The summed E-state index contributed by atoms with van der Waals surface area (Å²) in [7, 11) is 0. The van der Waals surface area contributed by atoms with E-state index in [1.54, 1.807) is 18.5 Å². The number of benzene rings is 1. The van der Waals surface area contributed by atoms with E-state index in [0.29, 0.717) is 6.54 Å². The molecular formula is C10H11N3O2. The topological polar surface area (TPSA) is 81.2 Å². The minimum atomic E-state index is -0.110. The second kappa shape index (κ2) is 3.91. The summed E-state index contributed by atoms with van der Waals surface area (Å²) in [5.74, 6) is -0.219. The van der Waals surface area contributed by atoms with Crippen molar-refractivity contribution in [2.75, 3.05) is 5.32 Å². The van der Waals surface area contributed by atoms with Crippen molar-refractivity contribution in [2.45, 2.75) is 6.54 Å². The Kier molecular flexibility index (Phi) is 2.45. The summed E-state index contributed by atoms with van der Waals surface area (Å²) in [6.07, 6.45) is 3.40. The number of hydrogen-bond acceptors (Lipinski definition) is 4. The number of phenols is 2. The van der Waals surface area contributed by atoms with Crippen LogP contribution >= 0.6 is 0 Å². The maximum atomic E-state index is 9.26. The molecule has 1 heterocycles. The van der Waals surface area contributed by atoms with Crippen molar-refractivity contribution in [1.82, 2.24) is 10.2 Å². The predicted molar refractivity (Wildman–Crippen MR) is 55.7 cm³/mol. The molecule has 15 heavy (non-hydrogen) atoms. The maximum Gasteiger partial charge on any atom is 0.157 e. The molecule has 4 N–H and O–H groups in total. The Bertz CT molecular complexity index is 440. The number of nitrogens with one attached hydrogen (secondary N) is 2. The first-order valence-electron chi connectivity index (χ1n) is 4.49. The number of aromatic nitrogens is 2. The molecule has 5 nitrogen and oxygen atoms in total. The van der Waals surface area contributed by atoms with Gasteiger partial charge in [0.25, 0.3) is 0 Å². The summed E-state index contributed by atoms with van der Waals surface area (Å²) in [5.41, 5.74) is 1.76. The van der Waals surface area contributed by atoms with Crippen LogP contribution in [0.3, 0.4) is 0 Å². The number of rotatable bonds is 3. The summed E-state index contributed by atoms with van der Waals surface area (Å²) in [4.78, 5) is 0. The highest BCUT2D eigenvalue weighted by atomic mass is 16.3. The molecule has 1 aromatic heterocycles. The molecule has 0 aliphatic carbocycles. The van der Waals surface area contributed by atoms with Crippen molar-refractivity contribution in [3.05, 3.63) is 36.2 Å². The van der Waals surface area contributed by atoms with Gasteiger partial charge >= 0.3 is 0 Å². The highest BCUT2D eigenvalue weighted by Gasteiger charge is 2.00. The van der Waals surface area contributed by atoms with E-state index in [1.165, 1.54) is 12.1 Å². The van der Waals surface area contributed by atoms with Gasteiger partial charge in [-0.05, 0) is 17.7 Å². The van der Waals surface area contributed by atoms with E-state index in [1.807, 2.05) is 0 Å². The van der Waals surface area contributed by atoms with Crippen LogP contribution in [-0.4, -0.2) is 20.4 Å². The van der Waals surface area contributed by atoms with Crippen molar-refractivity contribution in [2.24, 2.45) is 0 Å². The van der Waals surface area contributed by atoms with E-state index in [9.17, 15) is 5.11 Å². The fourth-order valence-electron chi connectivity index (χ4n) is 1.23. The molecule has 0 unspecified atom stereocenters. The quantitative estimate of drug-likeness (QED) is 0.571. The summed E-state index contributed by atoms with van der Waals surface area (Å²) in [6, 6.07) is 4.71. The monoisotopic (exact) mass is 205 g/mol. The molecule has 5 heteroatoms. The molecule has 2 rings (SSSR count). The molecule has 0 fully saturated rings. The lowest BCUT2D eigenvalue weighted by Crippen LogP contribution is -1.97. The minimum absolute atomic E-state index is 0.109. The number of aromatic amines is 1. The van der Waals surface area contributed by atoms with E-state index >= 15 is 0 Å². The average molecular weight is 205 g/mol. The first-order valence-corrected chi connectivity index (χ1v) is 4.49. The standard InChI is InChI=1S/C10H11N3O2/c14-9-2-1-7(3-10(9)15)4-11-8-5-12-13-6-8/h1-3,5-6,11,14-15H,4H2,(H,12,13). The Labute approximate surface area is 86.4 Å². The van der Waals surface area contributed by atoms with Crippen LogP contribution in [0.5, 0.6) is 11.5 Å². The molecule has 0 saturated heterocycles. The lowest BCUT2D eigenvalue weighted by molar-refractivity contribution is 0.403. The van der Waals surface area contributed by atoms with Crippen molar-refractivity contribution >= 4 is 5.69 Å². The van der Waals surface area contributed by atoms with Gasteiger partial charge in [-0.15, -0.1) is 0 Å². The zero-order valence-electron chi connectivity index (χ0n) is 7.94. The van der Waals surface area contributed by atoms with Crippen LogP contribution in [0.1, 0.15) is 5.56 Å². The maximum absolute atomic E-state index is 9.26. The number of nitrogens with zero attached hydrogens (tertiary/aromatic N) is 1. The van der Waals surface area contributed by atoms with Gasteiger partial charge < -0.3 is 15.5 Å². The summed E-state index contributed by atoms with van der Waals surface area (Å²) in [6.45, 7) is 0.563. The fraction of sp³-hybridized carbons (Fsp3) is 0.100. The van der Waals surface area contributed by atoms with E-state index in [-0.39, 0.29) is 11.5 Å². The van der Waals surface area contributed by atoms with Crippen LogP contribution in [0.15, 0.2) is 30.6 Å². The molecule has 0 bridgehead atoms. The second-order valence-electron chi connectivity index (χ2n) is 3.16. The first kappa shape index (κ1) is 9.39. The Morgan fingerprint density at radius 3 is 2.80 bits per heavy atom. The molecule has 78 valence electrons. The van der Waals surface area contributed by atoms with Crippen LogP contribution in [0, 0.1) is 0 Å². The van der Waals surface area contributed by atoms with Gasteiger partial charge in [0.2, 0.25) is 0 Å². The van der Waals surface area contributed by atoms with Gasteiger partial charge in [0, 0.05) is 12.7 Å². The smallest absolute Gasteiger partial charge is 0.157 e. The summed E-state index contributed by atoms with van der Waals surface area (Å²) in [5, 5.41) is 27.9. The fourth-order valence-corrected chi connectivity index (χ4v) is 1.23. The molecule has 1 aromatic carbocycles. The molecule has 2 aromatic rings. The van der Waals surface area contributed by atoms with Gasteiger partial charge in [0.05, 0.1) is 11.9 Å². The summed E-state index contributed by atoms with van der Waals surface area (Å²) >= 11 is 0. The molecular weight excluding hydrogens is 194 g/mol. The minimum Gasteiger partial charge on any atom is -0.504 e. The van der Waals surface area contributed by atoms with Crippen molar-refractivity contribution in [3.63, 3.8) is 0 Å². The third-order valence-corrected chi connectivity index (χ3v) is 2.03. The molecule has 0 spiro atoms. The predicted octanol–water partition coefficient (Wildman–Crippen LogP) is 1.43. The van der Waals surface area contributed by atoms with Crippen molar-refractivity contribution < 1.29 is 10.2 Å². The van der Waals surface area contributed by atoms with E-state index in [4.69, 9.17) is 5.11 Å². The number of phenolic OH excluding ortho intramolecular Hbond substituents is 2. The van der Waals surface area contributed by atoms with Crippen LogP contribution in [0.25, 0.3) is 0 Å². The Morgan fingerprint density at radius 2 is 2.13 bits per heavy atom. The molecule has 0 aliphatic rings. The van der Waals surface area contributed by atoms with Crippen molar-refractivity contribution in [1.29, 1.82) is 0 Å². The third-order valence-electron chi connectivity index (χ3n) is 2.03. The largest absolute Gasteiger partial charge is 0.504 e. The Hall–Kier alpha value is -2.17. The van der Waals surface area contributed by atoms with E-state index in [0.717, 1.165) is 11.3 Å². The van der Waals surface area contributed by atoms with E-state index < -0.39 is 0 Å². The van der Waals surface area contributed by atoms with Crippen LogP contribution in [0.4, 0.5) is 5.69 Å². The Morgan fingerprint density at radius 1 is 1.27 bits per heavy atom. The summed E-state index contributed by atoms with van der Waals surface area (Å²) < 4.78 is 0. The van der Waals surface area contributed by atoms with Gasteiger partial charge in [-0.1, -0.05) is 6.07 Å². The molecule has 0 aliphatic heterocycles. The molecule has 0 radical (unpaired) electrons. The average Bonchev–Trinajstić information content (AvgIpc) is 2.73. The normalized spacial score (nSPS) is 10.1. The van der Waals surface area contributed by atoms with Gasteiger partial charge in [0.1, 0.15) is 0 Å². The third kappa shape index (κ3) is 2.19. The number of hydrogen-bond donors (Lipinski definition) is 4. The number of anilines is 1. The molecule has 0 saturated carbocycles. The zero-order valence-corrected chi connectivity index (χ0v) is 7.94. The van der Waals surface area contributed by atoms with Gasteiger partial charge in [-0.2, -0.15) is 5.10 Å². The lowest BCUT2D eigenvalue weighted by Gasteiger charge is -2.04. The first-order chi connectivity index (χ1) is 7.25. The van der Waals surface area contributed by atoms with Crippen LogP contribution in [0.2, 0.25) is 0 Å². The molecule has 0 amide bonds. The van der Waals surface area contributed by atoms with Crippen molar-refractivity contribution in [3.8, 4) is 11.5 Å². The van der Waals surface area contributed by atoms with Crippen LogP contribution in [-0.2, 0) is 6.54 Å². The van der Waals surface area contributed by atoms with Gasteiger partial charge in [-0.3, -0.25) is 5.10 Å². The lowest BCUT2D eigenvalue weighted by atomic mass is 10.2. The van der Waals surface area contributed by atoms with Crippen LogP contribution < -0.4 is 5.32 Å². The van der Waals surface area contributed by atoms with Gasteiger partial charge in [0.15, 0.2) is 11.5 Å². The highest BCUT2D eigenvalue weighted by Crippen LogP contribution is 2.25. The zero-order chi connectivity index (χ0) is 10.7. The van der Waals surface area contributed by atoms with Gasteiger partial charge in [-0.25, -0.2) is 0 Å². The highest BCUT2D eigenvalue weighted by molar-refractivity contribution is 5.43. The molecule has 0 atom stereocenters. The Balaban J connectivity index is 2.02. The number of aromatic hydroxyl groups is 2. The number of H-pyrrole nitrogens is 1. The van der Waals surface area contributed by atoms with E-state index in [2.05, 4.69) is 15.5 Å². The second-order valence-corrected chi connectivity index (χ2v) is 3.16.